The normalized spacial score (nSPS) is 10.3. The molecule has 1 aromatic heterocycles. The van der Waals surface area contributed by atoms with Gasteiger partial charge in [0.1, 0.15) is 5.00 Å². The van der Waals surface area contributed by atoms with E-state index < -0.39 is 5.97 Å². The SMILES string of the molecule is CCOC(=O)c1c(NC(=O)CNCC(=O)NC)sc(CC)c1C. The lowest BCUT2D eigenvalue weighted by atomic mass is 10.1. The molecule has 1 rings (SSSR count). The van der Waals surface area contributed by atoms with Crippen molar-refractivity contribution in [2.45, 2.75) is 27.2 Å². The second-order valence-electron chi connectivity index (χ2n) is 4.75. The van der Waals surface area contributed by atoms with Gasteiger partial charge in [0, 0.05) is 11.9 Å². The maximum Gasteiger partial charge on any atom is 0.341 e. The summed E-state index contributed by atoms with van der Waals surface area (Å²) >= 11 is 1.37. The molecule has 0 radical (unpaired) electrons. The van der Waals surface area contributed by atoms with Crippen molar-refractivity contribution < 1.29 is 19.1 Å². The van der Waals surface area contributed by atoms with Crippen LogP contribution in [0, 0.1) is 6.92 Å². The molecule has 2 amide bonds. The van der Waals surface area contributed by atoms with Gasteiger partial charge in [-0.2, -0.15) is 0 Å². The second kappa shape index (κ2) is 9.26. The van der Waals surface area contributed by atoms with Gasteiger partial charge in [-0.1, -0.05) is 6.92 Å². The fraction of sp³-hybridized carbons (Fsp3) is 0.533. The summed E-state index contributed by atoms with van der Waals surface area (Å²) in [6, 6.07) is 0. The van der Waals surface area contributed by atoms with E-state index in [0.29, 0.717) is 10.6 Å². The van der Waals surface area contributed by atoms with E-state index in [1.54, 1.807) is 6.92 Å². The van der Waals surface area contributed by atoms with E-state index in [-0.39, 0.29) is 31.5 Å². The molecule has 8 heteroatoms. The second-order valence-corrected chi connectivity index (χ2v) is 5.86. The molecule has 3 N–H and O–H groups in total. The molecule has 0 saturated heterocycles. The first kappa shape index (κ1) is 19.1. The molecule has 128 valence electrons. The topological polar surface area (TPSA) is 96.5 Å². The summed E-state index contributed by atoms with van der Waals surface area (Å²) in [7, 11) is 1.52. The van der Waals surface area contributed by atoms with Crippen LogP contribution < -0.4 is 16.0 Å². The van der Waals surface area contributed by atoms with Gasteiger partial charge in [-0.3, -0.25) is 14.9 Å². The molecule has 0 aliphatic rings. The molecule has 0 atom stereocenters. The predicted molar refractivity (Wildman–Crippen MR) is 90.0 cm³/mol. The van der Waals surface area contributed by atoms with Crippen molar-refractivity contribution in [2.75, 3.05) is 32.1 Å². The molecular weight excluding hydrogens is 318 g/mol. The summed E-state index contributed by atoms with van der Waals surface area (Å²) in [4.78, 5) is 36.2. The Morgan fingerprint density at radius 3 is 2.35 bits per heavy atom. The van der Waals surface area contributed by atoms with Gasteiger partial charge < -0.3 is 15.4 Å². The highest BCUT2D eigenvalue weighted by Crippen LogP contribution is 2.33. The molecule has 23 heavy (non-hydrogen) atoms. The lowest BCUT2D eigenvalue weighted by molar-refractivity contribution is -0.120. The van der Waals surface area contributed by atoms with E-state index in [1.165, 1.54) is 18.4 Å². The molecule has 0 fully saturated rings. The third-order valence-corrected chi connectivity index (χ3v) is 4.50. The Morgan fingerprint density at radius 2 is 1.78 bits per heavy atom. The van der Waals surface area contributed by atoms with Crippen LogP contribution in [0.15, 0.2) is 0 Å². The van der Waals surface area contributed by atoms with Crippen molar-refractivity contribution in [3.63, 3.8) is 0 Å². The molecule has 1 aromatic rings. The average molecular weight is 341 g/mol. The van der Waals surface area contributed by atoms with Crippen LogP contribution in [0.3, 0.4) is 0 Å². The highest BCUT2D eigenvalue weighted by atomic mass is 32.1. The Hall–Kier alpha value is -1.93. The third kappa shape index (κ3) is 5.33. The van der Waals surface area contributed by atoms with Crippen LogP contribution in [0.25, 0.3) is 0 Å². The summed E-state index contributed by atoms with van der Waals surface area (Å²) < 4.78 is 5.06. The van der Waals surface area contributed by atoms with Crippen LogP contribution in [0.2, 0.25) is 0 Å². The van der Waals surface area contributed by atoms with E-state index in [9.17, 15) is 14.4 Å². The zero-order valence-electron chi connectivity index (χ0n) is 13.9. The smallest absolute Gasteiger partial charge is 0.341 e. The van der Waals surface area contributed by atoms with Crippen LogP contribution in [0.1, 0.15) is 34.6 Å². The minimum Gasteiger partial charge on any atom is -0.462 e. The summed E-state index contributed by atoms with van der Waals surface area (Å²) in [5.41, 5.74) is 1.25. The number of ether oxygens (including phenoxy) is 1. The van der Waals surface area contributed by atoms with Gasteiger partial charge in [0.2, 0.25) is 11.8 Å². The predicted octanol–water partition coefficient (Wildman–Crippen LogP) is 1.07. The van der Waals surface area contributed by atoms with Crippen molar-refractivity contribution in [2.24, 2.45) is 0 Å². The molecule has 0 saturated carbocycles. The Balaban J connectivity index is 2.80. The van der Waals surface area contributed by atoms with Gasteiger partial charge >= 0.3 is 5.97 Å². The first-order valence-corrected chi connectivity index (χ1v) is 8.26. The number of esters is 1. The Bertz CT molecular complexity index is 584. The standard InChI is InChI=1S/C15H23N3O4S/c1-5-10-9(3)13(15(21)22-6-2)14(23-10)18-12(20)8-17-7-11(19)16-4/h17H,5-8H2,1-4H3,(H,16,19)(H,18,20). The van der Waals surface area contributed by atoms with Gasteiger partial charge in [0.25, 0.3) is 0 Å². The third-order valence-electron chi connectivity index (χ3n) is 3.15. The lowest BCUT2D eigenvalue weighted by Crippen LogP contribution is -2.36. The zero-order chi connectivity index (χ0) is 17.4. The first-order valence-electron chi connectivity index (χ1n) is 7.45. The number of likely N-dealkylation sites (N-methyl/N-ethyl adjacent to an activating group) is 1. The number of anilines is 1. The van der Waals surface area contributed by atoms with Gasteiger partial charge in [0.15, 0.2) is 0 Å². The van der Waals surface area contributed by atoms with Crippen molar-refractivity contribution in [1.29, 1.82) is 0 Å². The van der Waals surface area contributed by atoms with Gasteiger partial charge in [-0.05, 0) is 25.8 Å². The molecule has 0 unspecified atom stereocenters. The fourth-order valence-corrected chi connectivity index (χ4v) is 3.13. The largest absolute Gasteiger partial charge is 0.462 e. The maximum atomic E-state index is 12.1. The number of rotatable bonds is 8. The molecule has 7 nitrogen and oxygen atoms in total. The number of amides is 2. The van der Waals surface area contributed by atoms with Crippen molar-refractivity contribution in [3.8, 4) is 0 Å². The molecule has 0 aromatic carbocycles. The van der Waals surface area contributed by atoms with Crippen LogP contribution in [-0.2, 0) is 20.7 Å². The van der Waals surface area contributed by atoms with Crippen LogP contribution >= 0.6 is 11.3 Å². The number of hydrogen-bond acceptors (Lipinski definition) is 6. The Morgan fingerprint density at radius 1 is 1.13 bits per heavy atom. The Kier molecular flexibility index (Phi) is 7.70. The highest BCUT2D eigenvalue weighted by Gasteiger charge is 2.22. The van der Waals surface area contributed by atoms with E-state index in [4.69, 9.17) is 4.74 Å². The maximum absolute atomic E-state index is 12.1. The molecule has 0 bridgehead atoms. The van der Waals surface area contributed by atoms with E-state index in [0.717, 1.165) is 16.9 Å². The molecule has 0 aliphatic heterocycles. The van der Waals surface area contributed by atoms with Crippen LogP contribution in [-0.4, -0.2) is 44.5 Å². The minimum atomic E-state index is -0.436. The summed E-state index contributed by atoms with van der Waals surface area (Å²) in [6.45, 7) is 5.88. The van der Waals surface area contributed by atoms with Crippen LogP contribution in [0.4, 0.5) is 5.00 Å². The Labute approximate surface area is 139 Å². The number of hydrogen-bond donors (Lipinski definition) is 3. The lowest BCUT2D eigenvalue weighted by Gasteiger charge is -2.07. The number of carbonyl (C=O) groups is 3. The number of nitrogens with one attached hydrogen (secondary N) is 3. The minimum absolute atomic E-state index is 0.0198. The fourth-order valence-electron chi connectivity index (χ4n) is 1.98. The number of thiophene rings is 1. The van der Waals surface area contributed by atoms with Crippen LogP contribution in [0.5, 0.6) is 0 Å². The number of aryl methyl sites for hydroxylation is 1. The van der Waals surface area contributed by atoms with E-state index >= 15 is 0 Å². The average Bonchev–Trinajstić information content (AvgIpc) is 2.82. The van der Waals surface area contributed by atoms with Crippen molar-refractivity contribution >= 4 is 34.1 Å². The number of carbonyl (C=O) groups excluding carboxylic acids is 3. The summed E-state index contributed by atoms with van der Waals surface area (Å²) in [5, 5.41) is 8.39. The first-order chi connectivity index (χ1) is 10.9. The molecule has 0 aliphatic carbocycles. The van der Waals surface area contributed by atoms with Crippen molar-refractivity contribution in [3.05, 3.63) is 16.0 Å². The van der Waals surface area contributed by atoms with Gasteiger partial charge in [-0.15, -0.1) is 11.3 Å². The van der Waals surface area contributed by atoms with E-state index in [2.05, 4.69) is 16.0 Å². The molecular formula is C15H23N3O4S. The molecule has 0 spiro atoms. The quantitative estimate of drug-likeness (QED) is 0.615. The highest BCUT2D eigenvalue weighted by molar-refractivity contribution is 7.17. The molecule has 1 heterocycles. The van der Waals surface area contributed by atoms with E-state index in [1.807, 2.05) is 13.8 Å². The summed E-state index contributed by atoms with van der Waals surface area (Å²) in [6.07, 6.45) is 0.772. The zero-order valence-corrected chi connectivity index (χ0v) is 14.7. The van der Waals surface area contributed by atoms with Crippen molar-refractivity contribution in [1.82, 2.24) is 10.6 Å². The summed E-state index contributed by atoms with van der Waals surface area (Å²) in [5.74, 6) is -0.955. The van der Waals surface area contributed by atoms with Gasteiger partial charge in [0.05, 0.1) is 25.3 Å². The van der Waals surface area contributed by atoms with Gasteiger partial charge in [-0.25, -0.2) is 4.79 Å². The monoisotopic (exact) mass is 341 g/mol.